The number of rotatable bonds is 2. The molecule has 17 heavy (non-hydrogen) atoms. The van der Waals surface area contributed by atoms with Crippen molar-refractivity contribution in [2.75, 3.05) is 6.54 Å². The molecule has 0 aromatic heterocycles. The quantitative estimate of drug-likeness (QED) is 0.805. The second-order valence-electron chi connectivity index (χ2n) is 6.05. The SMILES string of the molecule is CC1CCC(N2CCCCC2C(=O)O)C(C)C1. The zero-order valence-corrected chi connectivity index (χ0v) is 11.1. The van der Waals surface area contributed by atoms with Gasteiger partial charge in [0.15, 0.2) is 0 Å². The number of likely N-dealkylation sites (tertiary alicyclic amines) is 1. The Morgan fingerprint density at radius 3 is 2.59 bits per heavy atom. The molecule has 4 atom stereocenters. The molecule has 1 heterocycles. The summed E-state index contributed by atoms with van der Waals surface area (Å²) in [7, 11) is 0. The number of carbonyl (C=O) groups is 1. The summed E-state index contributed by atoms with van der Waals surface area (Å²) in [5, 5.41) is 9.34. The highest BCUT2D eigenvalue weighted by molar-refractivity contribution is 5.73. The average Bonchev–Trinajstić information content (AvgIpc) is 2.29. The Labute approximate surface area is 104 Å². The molecule has 2 fully saturated rings. The van der Waals surface area contributed by atoms with Gasteiger partial charge in [-0.25, -0.2) is 0 Å². The topological polar surface area (TPSA) is 40.5 Å². The van der Waals surface area contributed by atoms with Gasteiger partial charge in [-0.2, -0.15) is 0 Å². The summed E-state index contributed by atoms with van der Waals surface area (Å²) in [6, 6.07) is 0.289. The third-order valence-corrected chi connectivity index (χ3v) is 4.64. The molecule has 0 radical (unpaired) electrons. The van der Waals surface area contributed by atoms with Crippen molar-refractivity contribution in [3.8, 4) is 0 Å². The minimum Gasteiger partial charge on any atom is -0.480 e. The van der Waals surface area contributed by atoms with E-state index in [0.717, 1.165) is 25.3 Å². The van der Waals surface area contributed by atoms with Crippen molar-refractivity contribution in [3.05, 3.63) is 0 Å². The largest absolute Gasteiger partial charge is 0.480 e. The van der Waals surface area contributed by atoms with Crippen molar-refractivity contribution in [3.63, 3.8) is 0 Å². The van der Waals surface area contributed by atoms with E-state index in [0.29, 0.717) is 12.0 Å². The zero-order chi connectivity index (χ0) is 12.4. The predicted molar refractivity (Wildman–Crippen MR) is 67.9 cm³/mol. The van der Waals surface area contributed by atoms with Crippen LogP contribution in [0, 0.1) is 11.8 Å². The maximum absolute atomic E-state index is 11.3. The van der Waals surface area contributed by atoms with Gasteiger partial charge in [-0.3, -0.25) is 9.69 Å². The van der Waals surface area contributed by atoms with Crippen LogP contribution in [0.1, 0.15) is 52.4 Å². The number of aliphatic carboxylic acids is 1. The molecule has 3 heteroatoms. The van der Waals surface area contributed by atoms with Gasteiger partial charge in [0.05, 0.1) is 0 Å². The molecule has 0 aromatic rings. The molecule has 3 nitrogen and oxygen atoms in total. The van der Waals surface area contributed by atoms with E-state index in [1.165, 1.54) is 25.7 Å². The van der Waals surface area contributed by atoms with Crippen molar-refractivity contribution in [2.45, 2.75) is 64.5 Å². The molecule has 1 aliphatic carbocycles. The van der Waals surface area contributed by atoms with Crippen LogP contribution in [0.3, 0.4) is 0 Å². The van der Waals surface area contributed by atoms with Crippen LogP contribution >= 0.6 is 0 Å². The molecular weight excluding hydrogens is 214 g/mol. The van der Waals surface area contributed by atoms with Crippen LogP contribution < -0.4 is 0 Å². The van der Waals surface area contributed by atoms with Crippen molar-refractivity contribution >= 4 is 5.97 Å². The Morgan fingerprint density at radius 2 is 1.94 bits per heavy atom. The highest BCUT2D eigenvalue weighted by atomic mass is 16.4. The summed E-state index contributed by atoms with van der Waals surface area (Å²) < 4.78 is 0. The molecular formula is C14H25NO2. The summed E-state index contributed by atoms with van der Waals surface area (Å²) in [5.41, 5.74) is 0. The fourth-order valence-corrected chi connectivity index (χ4v) is 3.76. The monoisotopic (exact) mass is 239 g/mol. The summed E-state index contributed by atoms with van der Waals surface area (Å²) >= 11 is 0. The second kappa shape index (κ2) is 5.38. The van der Waals surface area contributed by atoms with Crippen molar-refractivity contribution < 1.29 is 9.90 Å². The fraction of sp³-hybridized carbons (Fsp3) is 0.929. The van der Waals surface area contributed by atoms with E-state index in [-0.39, 0.29) is 6.04 Å². The summed E-state index contributed by atoms with van der Waals surface area (Å²) in [4.78, 5) is 13.6. The molecule has 0 amide bonds. The van der Waals surface area contributed by atoms with Gasteiger partial charge in [0.2, 0.25) is 0 Å². The first-order chi connectivity index (χ1) is 8.09. The normalized spacial score (nSPS) is 40.1. The van der Waals surface area contributed by atoms with Crippen LogP contribution in [0.4, 0.5) is 0 Å². The first kappa shape index (κ1) is 12.9. The third kappa shape index (κ3) is 2.82. The Kier molecular flexibility index (Phi) is 4.08. The Bertz CT molecular complexity index is 279. The molecule has 1 saturated carbocycles. The lowest BCUT2D eigenvalue weighted by Gasteiger charge is -2.45. The van der Waals surface area contributed by atoms with E-state index >= 15 is 0 Å². The van der Waals surface area contributed by atoms with Crippen LogP contribution in [-0.4, -0.2) is 34.6 Å². The molecule has 4 unspecified atom stereocenters. The second-order valence-corrected chi connectivity index (χ2v) is 6.05. The third-order valence-electron chi connectivity index (χ3n) is 4.64. The van der Waals surface area contributed by atoms with Crippen LogP contribution in [0.5, 0.6) is 0 Å². The van der Waals surface area contributed by atoms with Crippen LogP contribution in [0.25, 0.3) is 0 Å². The number of hydrogen-bond acceptors (Lipinski definition) is 2. The highest BCUT2D eigenvalue weighted by Crippen LogP contribution is 2.34. The number of hydrogen-bond donors (Lipinski definition) is 1. The first-order valence-corrected chi connectivity index (χ1v) is 7.08. The van der Waals surface area contributed by atoms with Crippen LogP contribution in [0.2, 0.25) is 0 Å². The van der Waals surface area contributed by atoms with Crippen LogP contribution in [-0.2, 0) is 4.79 Å². The van der Waals surface area contributed by atoms with Gasteiger partial charge < -0.3 is 5.11 Å². The summed E-state index contributed by atoms with van der Waals surface area (Å²) in [6.45, 7) is 5.60. The lowest BCUT2D eigenvalue weighted by atomic mass is 9.78. The van der Waals surface area contributed by atoms with Gasteiger partial charge in [-0.05, 0) is 50.5 Å². The lowest BCUT2D eigenvalue weighted by molar-refractivity contribution is -0.147. The Hall–Kier alpha value is -0.570. The predicted octanol–water partition coefficient (Wildman–Crippen LogP) is 2.75. The van der Waals surface area contributed by atoms with E-state index in [9.17, 15) is 9.90 Å². The van der Waals surface area contributed by atoms with E-state index in [2.05, 4.69) is 18.7 Å². The van der Waals surface area contributed by atoms with Gasteiger partial charge in [-0.15, -0.1) is 0 Å². The van der Waals surface area contributed by atoms with E-state index in [4.69, 9.17) is 0 Å². The van der Waals surface area contributed by atoms with Gasteiger partial charge in [0.25, 0.3) is 0 Å². The Balaban J connectivity index is 2.05. The maximum Gasteiger partial charge on any atom is 0.320 e. The van der Waals surface area contributed by atoms with Gasteiger partial charge in [0.1, 0.15) is 6.04 Å². The van der Waals surface area contributed by atoms with Gasteiger partial charge in [0, 0.05) is 6.04 Å². The minimum atomic E-state index is -0.615. The zero-order valence-electron chi connectivity index (χ0n) is 11.1. The van der Waals surface area contributed by atoms with Crippen LogP contribution in [0.15, 0.2) is 0 Å². The average molecular weight is 239 g/mol. The van der Waals surface area contributed by atoms with Crippen molar-refractivity contribution in [1.29, 1.82) is 0 Å². The molecule has 2 rings (SSSR count). The number of nitrogens with zero attached hydrogens (tertiary/aromatic N) is 1. The van der Waals surface area contributed by atoms with Crippen molar-refractivity contribution in [2.24, 2.45) is 11.8 Å². The smallest absolute Gasteiger partial charge is 0.320 e. The van der Waals surface area contributed by atoms with Crippen molar-refractivity contribution in [1.82, 2.24) is 4.90 Å². The van der Waals surface area contributed by atoms with E-state index in [1.54, 1.807) is 0 Å². The molecule has 2 aliphatic rings. The number of carboxylic acid groups (broad SMARTS) is 1. The Morgan fingerprint density at radius 1 is 1.18 bits per heavy atom. The summed E-state index contributed by atoms with van der Waals surface area (Å²) in [5.74, 6) is 0.851. The molecule has 0 bridgehead atoms. The standard InChI is InChI=1S/C14H25NO2/c1-10-6-7-12(11(2)9-10)15-8-4-3-5-13(15)14(16)17/h10-13H,3-9H2,1-2H3,(H,16,17). The number of carboxylic acids is 1. The van der Waals surface area contributed by atoms with E-state index in [1.807, 2.05) is 0 Å². The lowest BCUT2D eigenvalue weighted by Crippen LogP contribution is -2.53. The molecule has 1 N–H and O–H groups in total. The molecule has 0 aromatic carbocycles. The first-order valence-electron chi connectivity index (χ1n) is 7.08. The summed E-state index contributed by atoms with van der Waals surface area (Å²) in [6.07, 6.45) is 6.79. The molecule has 1 saturated heterocycles. The highest BCUT2D eigenvalue weighted by Gasteiger charge is 2.37. The van der Waals surface area contributed by atoms with Gasteiger partial charge >= 0.3 is 5.97 Å². The maximum atomic E-state index is 11.3. The van der Waals surface area contributed by atoms with E-state index < -0.39 is 5.97 Å². The van der Waals surface area contributed by atoms with Gasteiger partial charge in [-0.1, -0.05) is 20.3 Å². The fourth-order valence-electron chi connectivity index (χ4n) is 3.76. The molecule has 0 spiro atoms. The molecule has 1 aliphatic heterocycles. The molecule has 98 valence electrons. The number of piperidine rings is 1. The minimum absolute atomic E-state index is 0.218.